The minimum Gasteiger partial charge on any atom is -0.371 e. The van der Waals surface area contributed by atoms with Gasteiger partial charge in [0.25, 0.3) is 5.91 Å². The van der Waals surface area contributed by atoms with Crippen molar-refractivity contribution in [1.29, 1.82) is 0 Å². The second-order valence-electron chi connectivity index (χ2n) is 4.33. The van der Waals surface area contributed by atoms with E-state index < -0.39 is 11.7 Å². The summed E-state index contributed by atoms with van der Waals surface area (Å²) in [6, 6.07) is 8.66. The van der Waals surface area contributed by atoms with Crippen molar-refractivity contribution in [3.63, 3.8) is 0 Å². The maximum Gasteiger partial charge on any atom is 0.261 e. The SMILES string of the molecule is CNc1nccc(C(=O)Nc2nc3ccccc3[nH]2)c1F. The van der Waals surface area contributed by atoms with E-state index in [9.17, 15) is 9.18 Å². The number of aromatic amines is 1. The van der Waals surface area contributed by atoms with E-state index in [1.165, 1.54) is 19.3 Å². The summed E-state index contributed by atoms with van der Waals surface area (Å²) in [5.74, 6) is -1.00. The van der Waals surface area contributed by atoms with Gasteiger partial charge in [-0.2, -0.15) is 0 Å². The van der Waals surface area contributed by atoms with Gasteiger partial charge in [0.2, 0.25) is 5.95 Å². The molecular formula is C14H12FN5O. The summed E-state index contributed by atoms with van der Waals surface area (Å²) in [6.07, 6.45) is 1.36. The lowest BCUT2D eigenvalue weighted by molar-refractivity contribution is 0.102. The zero-order valence-electron chi connectivity index (χ0n) is 11.1. The van der Waals surface area contributed by atoms with Gasteiger partial charge in [0.15, 0.2) is 11.6 Å². The van der Waals surface area contributed by atoms with Crippen LogP contribution in [0.4, 0.5) is 16.2 Å². The van der Waals surface area contributed by atoms with Crippen LogP contribution >= 0.6 is 0 Å². The molecule has 6 nitrogen and oxygen atoms in total. The first-order valence-electron chi connectivity index (χ1n) is 6.27. The number of hydrogen-bond acceptors (Lipinski definition) is 4. The summed E-state index contributed by atoms with van der Waals surface area (Å²) in [7, 11) is 1.53. The summed E-state index contributed by atoms with van der Waals surface area (Å²) < 4.78 is 14.0. The maximum atomic E-state index is 14.0. The number of H-pyrrole nitrogens is 1. The highest BCUT2D eigenvalue weighted by Gasteiger charge is 2.16. The van der Waals surface area contributed by atoms with Crippen LogP contribution in [0.1, 0.15) is 10.4 Å². The van der Waals surface area contributed by atoms with Crippen molar-refractivity contribution in [2.24, 2.45) is 0 Å². The number of amides is 1. The van der Waals surface area contributed by atoms with Crippen LogP contribution in [-0.4, -0.2) is 27.9 Å². The molecule has 0 spiro atoms. The number of carbonyl (C=O) groups excluding carboxylic acids is 1. The summed E-state index contributed by atoms with van der Waals surface area (Å²) in [5.41, 5.74) is 1.41. The molecule has 2 heterocycles. The van der Waals surface area contributed by atoms with Crippen molar-refractivity contribution in [3.8, 4) is 0 Å². The van der Waals surface area contributed by atoms with Crippen LogP contribution in [0.3, 0.4) is 0 Å². The molecular weight excluding hydrogens is 273 g/mol. The summed E-state index contributed by atoms with van der Waals surface area (Å²) in [6.45, 7) is 0. The second kappa shape index (κ2) is 5.20. The van der Waals surface area contributed by atoms with Gasteiger partial charge in [-0.1, -0.05) is 12.1 Å². The number of benzene rings is 1. The lowest BCUT2D eigenvalue weighted by Gasteiger charge is -2.06. The highest BCUT2D eigenvalue weighted by Crippen LogP contribution is 2.17. The lowest BCUT2D eigenvalue weighted by atomic mass is 10.2. The van der Waals surface area contributed by atoms with Gasteiger partial charge in [-0.25, -0.2) is 14.4 Å². The molecule has 3 N–H and O–H groups in total. The number of hydrogen-bond donors (Lipinski definition) is 3. The predicted molar refractivity (Wildman–Crippen MR) is 77.8 cm³/mol. The van der Waals surface area contributed by atoms with Gasteiger partial charge in [-0.3, -0.25) is 10.1 Å². The fourth-order valence-corrected chi connectivity index (χ4v) is 1.98. The van der Waals surface area contributed by atoms with Crippen molar-refractivity contribution in [2.75, 3.05) is 17.7 Å². The molecule has 0 aliphatic rings. The lowest BCUT2D eigenvalue weighted by Crippen LogP contribution is -2.16. The van der Waals surface area contributed by atoms with Gasteiger partial charge in [-0.15, -0.1) is 0 Å². The van der Waals surface area contributed by atoms with E-state index in [-0.39, 0.29) is 17.3 Å². The molecule has 0 aliphatic heterocycles. The van der Waals surface area contributed by atoms with Gasteiger partial charge in [-0.05, 0) is 18.2 Å². The Labute approximate surface area is 119 Å². The van der Waals surface area contributed by atoms with Crippen LogP contribution in [0, 0.1) is 5.82 Å². The van der Waals surface area contributed by atoms with Gasteiger partial charge >= 0.3 is 0 Å². The number of para-hydroxylation sites is 2. The largest absolute Gasteiger partial charge is 0.371 e. The van der Waals surface area contributed by atoms with Crippen LogP contribution in [-0.2, 0) is 0 Å². The molecule has 1 aromatic carbocycles. The van der Waals surface area contributed by atoms with Crippen molar-refractivity contribution in [1.82, 2.24) is 15.0 Å². The van der Waals surface area contributed by atoms with Crippen molar-refractivity contribution >= 4 is 28.7 Å². The third-order valence-electron chi connectivity index (χ3n) is 2.99. The van der Waals surface area contributed by atoms with E-state index in [2.05, 4.69) is 25.6 Å². The molecule has 2 aromatic heterocycles. The maximum absolute atomic E-state index is 14.0. The molecule has 21 heavy (non-hydrogen) atoms. The Morgan fingerprint density at radius 2 is 2.10 bits per heavy atom. The fraction of sp³-hybridized carbons (Fsp3) is 0.0714. The van der Waals surface area contributed by atoms with Crippen molar-refractivity contribution in [3.05, 3.63) is 47.9 Å². The van der Waals surface area contributed by atoms with E-state index in [1.807, 2.05) is 24.3 Å². The standard InChI is InChI=1S/C14H12FN5O/c1-16-12-11(15)8(6-7-17-12)13(21)20-14-18-9-4-2-3-5-10(9)19-14/h2-7H,1H3,(H,16,17)(H2,18,19,20,21). The molecule has 0 atom stereocenters. The van der Waals surface area contributed by atoms with E-state index in [0.717, 1.165) is 11.0 Å². The second-order valence-corrected chi connectivity index (χ2v) is 4.33. The van der Waals surface area contributed by atoms with Gasteiger partial charge in [0, 0.05) is 13.2 Å². The van der Waals surface area contributed by atoms with Crippen LogP contribution < -0.4 is 10.6 Å². The van der Waals surface area contributed by atoms with Crippen molar-refractivity contribution in [2.45, 2.75) is 0 Å². The molecule has 106 valence electrons. The number of rotatable bonds is 3. The monoisotopic (exact) mass is 285 g/mol. The Hall–Kier alpha value is -2.96. The number of fused-ring (bicyclic) bond motifs is 1. The van der Waals surface area contributed by atoms with E-state index >= 15 is 0 Å². The number of nitrogens with one attached hydrogen (secondary N) is 3. The molecule has 0 saturated heterocycles. The summed E-state index contributed by atoms with van der Waals surface area (Å²) in [4.78, 5) is 23.1. The first-order chi connectivity index (χ1) is 10.2. The molecule has 0 fully saturated rings. The molecule has 7 heteroatoms. The number of pyridine rings is 1. The highest BCUT2D eigenvalue weighted by atomic mass is 19.1. The normalized spacial score (nSPS) is 10.6. The average Bonchev–Trinajstić information content (AvgIpc) is 2.89. The minimum absolute atomic E-state index is 0.0206. The fourth-order valence-electron chi connectivity index (χ4n) is 1.98. The van der Waals surface area contributed by atoms with Crippen LogP contribution in [0.2, 0.25) is 0 Å². The summed E-state index contributed by atoms with van der Waals surface area (Å²) >= 11 is 0. The first-order valence-corrected chi connectivity index (χ1v) is 6.27. The Morgan fingerprint density at radius 1 is 1.29 bits per heavy atom. The van der Waals surface area contributed by atoms with E-state index in [1.54, 1.807) is 0 Å². The van der Waals surface area contributed by atoms with E-state index in [4.69, 9.17) is 0 Å². The third-order valence-corrected chi connectivity index (χ3v) is 2.99. The predicted octanol–water partition coefficient (Wildman–Crippen LogP) is 2.39. The number of imidazole rings is 1. The van der Waals surface area contributed by atoms with Crippen LogP contribution in [0.25, 0.3) is 11.0 Å². The molecule has 0 saturated carbocycles. The molecule has 0 aliphatic carbocycles. The van der Waals surface area contributed by atoms with E-state index in [0.29, 0.717) is 0 Å². The molecule has 0 unspecified atom stereocenters. The van der Waals surface area contributed by atoms with Gasteiger partial charge < -0.3 is 10.3 Å². The first kappa shape index (κ1) is 13.0. The highest BCUT2D eigenvalue weighted by molar-refractivity contribution is 6.04. The Kier molecular flexibility index (Phi) is 3.23. The number of halogens is 1. The molecule has 0 bridgehead atoms. The Bertz CT molecular complexity index is 781. The third kappa shape index (κ3) is 2.40. The number of aromatic nitrogens is 3. The zero-order valence-corrected chi connectivity index (χ0v) is 11.1. The molecule has 0 radical (unpaired) electrons. The number of anilines is 2. The van der Waals surface area contributed by atoms with Gasteiger partial charge in [0.1, 0.15) is 0 Å². The molecule has 3 rings (SSSR count). The zero-order chi connectivity index (χ0) is 14.8. The number of carbonyl (C=O) groups is 1. The van der Waals surface area contributed by atoms with Crippen LogP contribution in [0.15, 0.2) is 36.5 Å². The smallest absolute Gasteiger partial charge is 0.261 e. The summed E-state index contributed by atoms with van der Waals surface area (Å²) in [5, 5.41) is 5.12. The van der Waals surface area contributed by atoms with Crippen LogP contribution in [0.5, 0.6) is 0 Å². The molecule has 1 amide bonds. The topological polar surface area (TPSA) is 82.7 Å². The quantitative estimate of drug-likeness (QED) is 0.690. The Balaban J connectivity index is 1.89. The molecule has 3 aromatic rings. The van der Waals surface area contributed by atoms with Crippen molar-refractivity contribution < 1.29 is 9.18 Å². The average molecular weight is 285 g/mol. The Morgan fingerprint density at radius 3 is 2.86 bits per heavy atom. The number of nitrogens with zero attached hydrogens (tertiary/aromatic N) is 2. The van der Waals surface area contributed by atoms with Gasteiger partial charge in [0.05, 0.1) is 16.6 Å². The minimum atomic E-state index is -0.700.